The number of rotatable bonds is 9. The summed E-state index contributed by atoms with van der Waals surface area (Å²) in [6.07, 6.45) is 2.41. The van der Waals surface area contributed by atoms with Crippen LogP contribution in [0.15, 0.2) is 84.0 Å². The number of hydrogen-bond donors (Lipinski definition) is 2. The second-order valence-corrected chi connectivity index (χ2v) is 12.6. The topological polar surface area (TPSA) is 126 Å². The van der Waals surface area contributed by atoms with E-state index in [1.807, 2.05) is 50.2 Å². The van der Waals surface area contributed by atoms with Crippen LogP contribution in [0.5, 0.6) is 0 Å². The van der Waals surface area contributed by atoms with Gasteiger partial charge in [0.05, 0.1) is 12.6 Å². The molecule has 0 spiro atoms. The molecule has 0 radical (unpaired) electrons. The molecule has 1 aliphatic heterocycles. The minimum atomic E-state index is -3.99. The first-order chi connectivity index (χ1) is 19.6. The number of aromatic nitrogens is 1. The molecule has 2 amide bonds. The summed E-state index contributed by atoms with van der Waals surface area (Å²) in [7, 11) is -3.99. The van der Waals surface area contributed by atoms with Crippen molar-refractivity contribution >= 4 is 27.6 Å². The van der Waals surface area contributed by atoms with Gasteiger partial charge in [-0.2, -0.15) is 4.31 Å². The van der Waals surface area contributed by atoms with E-state index in [0.29, 0.717) is 18.4 Å². The van der Waals surface area contributed by atoms with Crippen LogP contribution in [0.4, 0.5) is 0 Å². The lowest BCUT2D eigenvalue weighted by atomic mass is 10.00. The molecule has 0 aliphatic carbocycles. The van der Waals surface area contributed by atoms with Gasteiger partial charge in [-0.05, 0) is 67.5 Å². The minimum absolute atomic E-state index is 0.0885. The molecule has 2 heterocycles. The summed E-state index contributed by atoms with van der Waals surface area (Å²) in [4.78, 5) is 43.8. The van der Waals surface area contributed by atoms with Gasteiger partial charge in [0.1, 0.15) is 6.04 Å². The fraction of sp³-hybridized carbons (Fsp3) is 0.355. The summed E-state index contributed by atoms with van der Waals surface area (Å²) in [5, 5.41) is 5.52. The Balaban J connectivity index is 1.47. The van der Waals surface area contributed by atoms with Crippen molar-refractivity contribution in [1.29, 1.82) is 0 Å². The zero-order chi connectivity index (χ0) is 29.6. The van der Waals surface area contributed by atoms with Gasteiger partial charge >= 0.3 is 0 Å². The number of ketones is 1. The van der Waals surface area contributed by atoms with E-state index in [1.54, 1.807) is 37.3 Å². The molecule has 2 N–H and O–H groups in total. The molecule has 0 bridgehead atoms. The van der Waals surface area contributed by atoms with Crippen LogP contribution in [-0.4, -0.2) is 60.0 Å². The van der Waals surface area contributed by atoms with Crippen LogP contribution in [0.1, 0.15) is 50.4 Å². The third-order valence-corrected chi connectivity index (χ3v) is 9.03. The van der Waals surface area contributed by atoms with Crippen molar-refractivity contribution in [3.63, 3.8) is 0 Å². The average molecular weight is 577 g/mol. The Kier molecular flexibility index (Phi) is 9.67. The molecule has 1 fully saturated rings. The van der Waals surface area contributed by atoms with Crippen LogP contribution < -0.4 is 10.6 Å². The van der Waals surface area contributed by atoms with Crippen molar-refractivity contribution in [2.24, 2.45) is 5.92 Å². The Morgan fingerprint density at radius 3 is 2.37 bits per heavy atom. The Morgan fingerprint density at radius 1 is 0.976 bits per heavy atom. The molecular weight excluding hydrogens is 540 g/mol. The maximum absolute atomic E-state index is 13.4. The fourth-order valence-corrected chi connectivity index (χ4v) is 6.48. The van der Waals surface area contributed by atoms with E-state index in [4.69, 9.17) is 0 Å². The summed E-state index contributed by atoms with van der Waals surface area (Å²) in [5.74, 6) is -1.19. The van der Waals surface area contributed by atoms with E-state index < -0.39 is 45.7 Å². The highest BCUT2D eigenvalue weighted by atomic mass is 32.2. The van der Waals surface area contributed by atoms with E-state index in [1.165, 1.54) is 12.3 Å². The Bertz CT molecular complexity index is 1480. The zero-order valence-electron chi connectivity index (χ0n) is 23.5. The smallest absolute Gasteiger partial charge is 0.261 e. The number of benzene rings is 2. The van der Waals surface area contributed by atoms with Crippen LogP contribution in [0.3, 0.4) is 0 Å². The molecule has 10 heteroatoms. The van der Waals surface area contributed by atoms with Gasteiger partial charge in [-0.15, -0.1) is 0 Å². The number of hydrogen-bond acceptors (Lipinski definition) is 6. The van der Waals surface area contributed by atoms with Crippen molar-refractivity contribution in [3.05, 3.63) is 84.6 Å². The van der Waals surface area contributed by atoms with Crippen molar-refractivity contribution in [2.75, 3.05) is 6.54 Å². The lowest BCUT2D eigenvalue weighted by molar-refractivity contribution is -0.129. The Labute approximate surface area is 241 Å². The maximum Gasteiger partial charge on any atom is 0.261 e. The van der Waals surface area contributed by atoms with Gasteiger partial charge < -0.3 is 10.6 Å². The minimum Gasteiger partial charge on any atom is -0.344 e. The molecule has 0 unspecified atom stereocenters. The van der Waals surface area contributed by atoms with Crippen LogP contribution in [0.2, 0.25) is 0 Å². The van der Waals surface area contributed by atoms with Gasteiger partial charge in [-0.3, -0.25) is 14.4 Å². The summed E-state index contributed by atoms with van der Waals surface area (Å²) in [5.41, 5.74) is 2.27. The third-order valence-electron chi connectivity index (χ3n) is 7.15. The first-order valence-electron chi connectivity index (χ1n) is 13.8. The fourth-order valence-electron chi connectivity index (χ4n) is 4.91. The number of carbonyl (C=O) groups excluding carboxylic acids is 3. The molecule has 9 nitrogen and oxygen atoms in total. The van der Waals surface area contributed by atoms with Crippen molar-refractivity contribution in [2.45, 2.75) is 63.2 Å². The lowest BCUT2D eigenvalue weighted by Gasteiger charge is -2.25. The van der Waals surface area contributed by atoms with Crippen LogP contribution >= 0.6 is 0 Å². The molecule has 2 aromatic carbocycles. The first-order valence-corrected chi connectivity index (χ1v) is 15.2. The molecule has 1 saturated heterocycles. The summed E-state index contributed by atoms with van der Waals surface area (Å²) >= 11 is 0. The standard InChI is InChI=1S/C31H36N4O5S/c1-21(2)18-27(34-30(37)25-13-9-12-24(19-25)23-10-5-4-6-11-23)31(38)33-26-16-15-22(3)35(20-28(26)36)41(39,40)29-14-7-8-17-32-29/h4-14,17,19,21-22,26-27H,15-16,18,20H2,1-3H3,(H,33,38)(H,34,37)/t22-,26+,27+/m1/s1. The summed E-state index contributed by atoms with van der Waals surface area (Å²) < 4.78 is 27.6. The van der Waals surface area contributed by atoms with Crippen molar-refractivity contribution in [3.8, 4) is 11.1 Å². The monoisotopic (exact) mass is 576 g/mol. The predicted octanol–water partition coefficient (Wildman–Crippen LogP) is 3.82. The number of nitrogens with one attached hydrogen (secondary N) is 2. The quantitative estimate of drug-likeness (QED) is 0.399. The van der Waals surface area contributed by atoms with Crippen LogP contribution in [0.25, 0.3) is 11.1 Å². The Morgan fingerprint density at radius 2 is 1.68 bits per heavy atom. The lowest BCUT2D eigenvalue weighted by Crippen LogP contribution is -2.52. The highest BCUT2D eigenvalue weighted by Gasteiger charge is 2.38. The van der Waals surface area contributed by atoms with Gasteiger partial charge in [0.2, 0.25) is 5.91 Å². The van der Waals surface area contributed by atoms with Crippen LogP contribution in [-0.2, 0) is 19.6 Å². The first kappa shape index (κ1) is 30.1. The average Bonchev–Trinajstić information content (AvgIpc) is 3.11. The number of pyridine rings is 1. The predicted molar refractivity (Wildman–Crippen MR) is 156 cm³/mol. The van der Waals surface area contributed by atoms with Crippen molar-refractivity contribution < 1.29 is 22.8 Å². The van der Waals surface area contributed by atoms with E-state index in [-0.39, 0.29) is 23.9 Å². The van der Waals surface area contributed by atoms with E-state index in [0.717, 1.165) is 15.4 Å². The van der Waals surface area contributed by atoms with E-state index >= 15 is 0 Å². The van der Waals surface area contributed by atoms with Gasteiger partial charge in [0.15, 0.2) is 10.8 Å². The number of nitrogens with zero attached hydrogens (tertiary/aromatic N) is 2. The number of amides is 2. The third kappa shape index (κ3) is 7.45. The SMILES string of the molecule is CC(C)C[C@H](NC(=O)c1cccc(-c2ccccc2)c1)C(=O)N[C@H]1CC[C@@H](C)N(S(=O)(=O)c2ccccn2)CC1=O. The second-order valence-electron chi connectivity index (χ2n) is 10.8. The molecule has 3 atom stereocenters. The van der Waals surface area contributed by atoms with E-state index in [2.05, 4.69) is 15.6 Å². The van der Waals surface area contributed by atoms with Gasteiger partial charge in [-0.1, -0.05) is 62.4 Å². The highest BCUT2D eigenvalue weighted by molar-refractivity contribution is 7.89. The number of Topliss-reactive ketones (excluding diaryl/α,β-unsaturated/α-hetero) is 1. The summed E-state index contributed by atoms with van der Waals surface area (Å²) in [6, 6.07) is 19.3. The molecular formula is C31H36N4O5S. The normalized spacial score (nSPS) is 18.9. The molecule has 41 heavy (non-hydrogen) atoms. The molecule has 1 aliphatic rings. The van der Waals surface area contributed by atoms with Crippen LogP contribution in [0, 0.1) is 5.92 Å². The largest absolute Gasteiger partial charge is 0.344 e. The highest BCUT2D eigenvalue weighted by Crippen LogP contribution is 2.23. The number of carbonyl (C=O) groups is 3. The molecule has 4 rings (SSSR count). The molecule has 1 aromatic heterocycles. The molecule has 0 saturated carbocycles. The Hall–Kier alpha value is -3.89. The maximum atomic E-state index is 13.4. The van der Waals surface area contributed by atoms with Crippen molar-refractivity contribution in [1.82, 2.24) is 19.9 Å². The van der Waals surface area contributed by atoms with Gasteiger partial charge in [-0.25, -0.2) is 13.4 Å². The van der Waals surface area contributed by atoms with Gasteiger partial charge in [0.25, 0.3) is 15.9 Å². The molecule has 3 aromatic rings. The second kappa shape index (κ2) is 13.2. The summed E-state index contributed by atoms with van der Waals surface area (Å²) in [6.45, 7) is 5.25. The van der Waals surface area contributed by atoms with E-state index in [9.17, 15) is 22.8 Å². The zero-order valence-corrected chi connectivity index (χ0v) is 24.3. The van der Waals surface area contributed by atoms with Gasteiger partial charge in [0, 0.05) is 17.8 Å². The molecule has 216 valence electrons. The number of sulfonamides is 1.